The Morgan fingerprint density at radius 2 is 1.91 bits per heavy atom. The second-order valence-corrected chi connectivity index (χ2v) is 11.5. The Morgan fingerprint density at radius 3 is 2.58 bits per heavy atom. The maximum Gasteiger partial charge on any atom is 0.256 e. The molecule has 3 fully saturated rings. The number of hydrogen-bond acceptors (Lipinski definition) is 3. The Labute approximate surface area is 198 Å². The number of ketones is 1. The van der Waals surface area contributed by atoms with Crippen LogP contribution < -0.4 is 0 Å². The van der Waals surface area contributed by atoms with E-state index in [9.17, 15) is 9.59 Å². The van der Waals surface area contributed by atoms with Gasteiger partial charge in [-0.1, -0.05) is 33.6 Å². The first-order valence-electron chi connectivity index (χ1n) is 13.1. The standard InChI is InChI=1S/C27H42FN3O2/c1-6-13-27(28)19(7-2)8-9-20-21-10-11-23(26(21,3)14-12-22(20)27)24(32)17-31-16-18(15-29-31)25(33)30(4)5/h15-16,19-23H,6-14,17H2,1-5H3. The molecule has 7 atom stereocenters. The maximum atomic E-state index is 16.5. The molecule has 7 unspecified atom stereocenters. The molecule has 0 aliphatic heterocycles. The van der Waals surface area contributed by atoms with E-state index < -0.39 is 5.67 Å². The molecule has 6 heteroatoms. The summed E-state index contributed by atoms with van der Waals surface area (Å²) < 4.78 is 18.1. The van der Waals surface area contributed by atoms with Gasteiger partial charge in [0.25, 0.3) is 5.91 Å². The number of amides is 1. The van der Waals surface area contributed by atoms with Crippen LogP contribution in [0, 0.1) is 35.0 Å². The molecule has 1 heterocycles. The Bertz CT molecular complexity index is 882. The Balaban J connectivity index is 1.49. The van der Waals surface area contributed by atoms with Crippen molar-refractivity contribution in [2.24, 2.45) is 35.0 Å². The van der Waals surface area contributed by atoms with E-state index in [1.54, 1.807) is 31.2 Å². The van der Waals surface area contributed by atoms with E-state index in [-0.39, 0.29) is 41.4 Å². The predicted octanol–water partition coefficient (Wildman–Crippen LogP) is 5.54. The number of carbonyl (C=O) groups is 2. The van der Waals surface area contributed by atoms with E-state index in [1.165, 1.54) is 4.90 Å². The van der Waals surface area contributed by atoms with Gasteiger partial charge in [0.15, 0.2) is 5.78 Å². The monoisotopic (exact) mass is 459 g/mol. The molecule has 3 saturated carbocycles. The highest BCUT2D eigenvalue weighted by Gasteiger charge is 2.61. The minimum atomic E-state index is -1.03. The highest BCUT2D eigenvalue weighted by atomic mass is 19.1. The molecule has 1 aromatic heterocycles. The molecule has 4 rings (SSSR count). The molecule has 0 bridgehead atoms. The van der Waals surface area contributed by atoms with Gasteiger partial charge < -0.3 is 4.90 Å². The number of Topliss-reactive ketones (excluding diaryl/α,β-unsaturated/α-hetero) is 1. The number of halogens is 1. The van der Waals surface area contributed by atoms with E-state index in [0.717, 1.165) is 51.4 Å². The van der Waals surface area contributed by atoms with Crippen molar-refractivity contribution in [1.29, 1.82) is 0 Å². The summed E-state index contributed by atoms with van der Waals surface area (Å²) in [5.41, 5.74) is -0.563. The van der Waals surface area contributed by atoms with E-state index in [2.05, 4.69) is 25.9 Å². The lowest BCUT2D eigenvalue weighted by molar-refractivity contribution is -0.138. The van der Waals surface area contributed by atoms with Crippen LogP contribution >= 0.6 is 0 Å². The van der Waals surface area contributed by atoms with Crippen molar-refractivity contribution < 1.29 is 14.0 Å². The summed E-state index contributed by atoms with van der Waals surface area (Å²) in [5.74, 6) is 1.32. The fourth-order valence-corrected chi connectivity index (χ4v) is 8.16. The molecule has 1 amide bonds. The minimum Gasteiger partial charge on any atom is -0.345 e. The van der Waals surface area contributed by atoms with Crippen molar-refractivity contribution in [3.05, 3.63) is 18.0 Å². The predicted molar refractivity (Wildman–Crippen MR) is 128 cm³/mol. The summed E-state index contributed by atoms with van der Waals surface area (Å²) in [5, 5.41) is 4.28. The Kier molecular flexibility index (Phi) is 6.76. The first-order chi connectivity index (χ1) is 15.7. The van der Waals surface area contributed by atoms with Crippen LogP contribution in [-0.2, 0) is 11.3 Å². The van der Waals surface area contributed by atoms with Gasteiger partial charge in [0.1, 0.15) is 5.67 Å². The SMILES string of the molecule is CCCC1(F)C(CC)CCC2C3CCC(C(=O)Cn4cc(C(=O)N(C)C)cn4)C3(C)CCC21. The molecule has 0 saturated heterocycles. The van der Waals surface area contributed by atoms with Gasteiger partial charge >= 0.3 is 0 Å². The Hall–Kier alpha value is -1.72. The first kappa shape index (κ1) is 24.4. The summed E-state index contributed by atoms with van der Waals surface area (Å²) in [6.45, 7) is 6.78. The lowest BCUT2D eigenvalue weighted by atomic mass is 9.49. The zero-order valence-electron chi connectivity index (χ0n) is 21.1. The highest BCUT2D eigenvalue weighted by molar-refractivity contribution is 5.93. The number of fused-ring (bicyclic) bond motifs is 3. The molecule has 0 spiro atoms. The lowest BCUT2D eigenvalue weighted by Gasteiger charge is -2.57. The molecular weight excluding hydrogens is 417 g/mol. The summed E-state index contributed by atoms with van der Waals surface area (Å²) >= 11 is 0. The van der Waals surface area contributed by atoms with E-state index in [0.29, 0.717) is 23.8 Å². The second-order valence-electron chi connectivity index (χ2n) is 11.5. The number of alkyl halides is 1. The third-order valence-electron chi connectivity index (χ3n) is 9.70. The molecule has 5 nitrogen and oxygen atoms in total. The molecule has 3 aliphatic rings. The third kappa shape index (κ3) is 4.05. The molecule has 0 aromatic carbocycles. The fraction of sp³-hybridized carbons (Fsp3) is 0.815. The van der Waals surface area contributed by atoms with Crippen molar-refractivity contribution >= 4 is 11.7 Å². The van der Waals surface area contributed by atoms with Crippen LogP contribution in [0.1, 0.15) is 88.9 Å². The zero-order valence-corrected chi connectivity index (χ0v) is 21.1. The van der Waals surface area contributed by atoms with Gasteiger partial charge in [-0.05, 0) is 74.0 Å². The average Bonchev–Trinajstić information content (AvgIpc) is 3.37. The van der Waals surface area contributed by atoms with Crippen LogP contribution in [0.25, 0.3) is 0 Å². The minimum absolute atomic E-state index is 0.00438. The van der Waals surface area contributed by atoms with E-state index >= 15 is 4.39 Å². The molecule has 3 aliphatic carbocycles. The Morgan fingerprint density at radius 1 is 1.15 bits per heavy atom. The summed E-state index contributed by atoms with van der Waals surface area (Å²) in [7, 11) is 3.42. The molecule has 184 valence electrons. The number of aromatic nitrogens is 2. The van der Waals surface area contributed by atoms with Gasteiger partial charge in [-0.15, -0.1) is 0 Å². The van der Waals surface area contributed by atoms with Crippen molar-refractivity contribution in [3.8, 4) is 0 Å². The van der Waals surface area contributed by atoms with Crippen molar-refractivity contribution in [2.75, 3.05) is 14.1 Å². The molecule has 0 N–H and O–H groups in total. The quantitative estimate of drug-likeness (QED) is 0.538. The van der Waals surface area contributed by atoms with Crippen LogP contribution in [0.3, 0.4) is 0 Å². The van der Waals surface area contributed by atoms with Crippen LogP contribution in [0.2, 0.25) is 0 Å². The molecule has 1 aromatic rings. The smallest absolute Gasteiger partial charge is 0.256 e. The number of nitrogens with zero attached hydrogens (tertiary/aromatic N) is 3. The van der Waals surface area contributed by atoms with Gasteiger partial charge in [0.2, 0.25) is 0 Å². The first-order valence-corrected chi connectivity index (χ1v) is 13.1. The van der Waals surface area contributed by atoms with E-state index in [1.807, 2.05) is 0 Å². The number of carbonyl (C=O) groups excluding carboxylic acids is 2. The number of rotatable bonds is 7. The van der Waals surface area contributed by atoms with Gasteiger partial charge in [0, 0.05) is 26.2 Å². The average molecular weight is 460 g/mol. The highest BCUT2D eigenvalue weighted by Crippen LogP contribution is 2.65. The van der Waals surface area contributed by atoms with Crippen molar-refractivity contribution in [3.63, 3.8) is 0 Å². The van der Waals surface area contributed by atoms with Crippen molar-refractivity contribution in [2.45, 2.75) is 90.8 Å². The summed E-state index contributed by atoms with van der Waals surface area (Å²) in [4.78, 5) is 27.1. The van der Waals surface area contributed by atoms with Crippen LogP contribution in [-0.4, -0.2) is 46.1 Å². The summed E-state index contributed by atoms with van der Waals surface area (Å²) in [6.07, 6.45) is 11.7. The molecule has 33 heavy (non-hydrogen) atoms. The summed E-state index contributed by atoms with van der Waals surface area (Å²) in [6, 6.07) is 0. The van der Waals surface area contributed by atoms with Crippen LogP contribution in [0.5, 0.6) is 0 Å². The van der Waals surface area contributed by atoms with Gasteiger partial charge in [-0.2, -0.15) is 5.10 Å². The largest absolute Gasteiger partial charge is 0.345 e. The maximum absolute atomic E-state index is 16.5. The lowest BCUT2D eigenvalue weighted by Crippen LogP contribution is -2.55. The van der Waals surface area contributed by atoms with Crippen LogP contribution in [0.4, 0.5) is 4.39 Å². The van der Waals surface area contributed by atoms with Gasteiger partial charge in [-0.25, -0.2) is 4.39 Å². The second kappa shape index (κ2) is 9.14. The molecule has 0 radical (unpaired) electrons. The zero-order chi connectivity index (χ0) is 24.0. The van der Waals surface area contributed by atoms with Crippen molar-refractivity contribution in [1.82, 2.24) is 14.7 Å². The van der Waals surface area contributed by atoms with Gasteiger partial charge in [-0.3, -0.25) is 14.3 Å². The van der Waals surface area contributed by atoms with Gasteiger partial charge in [0.05, 0.1) is 18.3 Å². The fourth-order valence-electron chi connectivity index (χ4n) is 8.16. The van der Waals surface area contributed by atoms with E-state index in [4.69, 9.17) is 0 Å². The molecular formula is C27H42FN3O2. The number of hydrogen-bond donors (Lipinski definition) is 0. The third-order valence-corrected chi connectivity index (χ3v) is 9.70. The topological polar surface area (TPSA) is 55.2 Å². The normalized spacial score (nSPS) is 37.9. The van der Waals surface area contributed by atoms with Crippen LogP contribution in [0.15, 0.2) is 12.4 Å².